The molecular weight excluding hydrogens is 224 g/mol. The van der Waals surface area contributed by atoms with Crippen LogP contribution in [0.4, 0.5) is 4.79 Å². The first-order valence-electron chi connectivity index (χ1n) is 5.43. The summed E-state index contributed by atoms with van der Waals surface area (Å²) in [6, 6.07) is -1.03. The Kier molecular flexibility index (Phi) is 3.27. The third-order valence-corrected chi connectivity index (χ3v) is 2.80. The molecule has 1 aromatic rings. The van der Waals surface area contributed by atoms with Gasteiger partial charge in [0.2, 0.25) is 0 Å². The number of carboxylic acid groups (broad SMARTS) is 1. The van der Waals surface area contributed by atoms with Crippen molar-refractivity contribution >= 4 is 12.0 Å². The quantitative estimate of drug-likeness (QED) is 0.699. The van der Waals surface area contributed by atoms with E-state index in [0.717, 1.165) is 12.0 Å². The molecule has 2 rings (SSSR count). The molecule has 0 radical (unpaired) electrons. The van der Waals surface area contributed by atoms with Crippen molar-refractivity contribution in [1.29, 1.82) is 0 Å². The Morgan fingerprint density at radius 3 is 3.12 bits per heavy atom. The Morgan fingerprint density at radius 2 is 2.47 bits per heavy atom. The number of hydrogen-bond acceptors (Lipinski definition) is 3. The lowest BCUT2D eigenvalue weighted by molar-refractivity contribution is -0.141. The van der Waals surface area contributed by atoms with Crippen molar-refractivity contribution in [2.45, 2.75) is 25.4 Å². The summed E-state index contributed by atoms with van der Waals surface area (Å²) < 4.78 is 0. The predicted octanol–water partition coefficient (Wildman–Crippen LogP) is 0.168. The minimum absolute atomic E-state index is 0.337. The summed E-state index contributed by atoms with van der Waals surface area (Å²) in [7, 11) is 0. The summed E-state index contributed by atoms with van der Waals surface area (Å²) in [5.74, 6) is -0.944. The van der Waals surface area contributed by atoms with Crippen molar-refractivity contribution in [1.82, 2.24) is 20.4 Å². The van der Waals surface area contributed by atoms with Gasteiger partial charge in [0.25, 0.3) is 0 Å². The van der Waals surface area contributed by atoms with Gasteiger partial charge in [-0.2, -0.15) is 5.10 Å². The van der Waals surface area contributed by atoms with Crippen LogP contribution in [0, 0.1) is 0 Å². The van der Waals surface area contributed by atoms with E-state index in [0.29, 0.717) is 19.5 Å². The van der Waals surface area contributed by atoms with Crippen molar-refractivity contribution in [3.05, 3.63) is 18.0 Å². The third kappa shape index (κ3) is 2.55. The Bertz CT molecular complexity index is 404. The Labute approximate surface area is 97.8 Å². The molecule has 1 aliphatic heterocycles. The fourth-order valence-corrected chi connectivity index (χ4v) is 1.92. The number of urea groups is 1. The summed E-state index contributed by atoms with van der Waals surface area (Å²) in [5, 5.41) is 18.0. The van der Waals surface area contributed by atoms with E-state index in [1.54, 1.807) is 12.4 Å². The van der Waals surface area contributed by atoms with Crippen molar-refractivity contribution in [3.8, 4) is 0 Å². The zero-order valence-electron chi connectivity index (χ0n) is 9.22. The van der Waals surface area contributed by atoms with Gasteiger partial charge in [-0.25, -0.2) is 9.59 Å². The highest BCUT2D eigenvalue weighted by molar-refractivity contribution is 5.83. The maximum atomic E-state index is 11.8. The van der Waals surface area contributed by atoms with Crippen molar-refractivity contribution in [3.63, 3.8) is 0 Å². The number of carbonyl (C=O) groups is 2. The largest absolute Gasteiger partial charge is 0.480 e. The Morgan fingerprint density at radius 1 is 1.65 bits per heavy atom. The first kappa shape index (κ1) is 11.4. The van der Waals surface area contributed by atoms with Crippen LogP contribution in [-0.2, 0) is 11.3 Å². The average molecular weight is 238 g/mol. The van der Waals surface area contributed by atoms with Gasteiger partial charge >= 0.3 is 12.0 Å². The number of nitrogens with one attached hydrogen (secondary N) is 2. The SMILES string of the molecule is O=C(O)C1CCCN1C(=O)NCc1cn[nH]c1. The molecule has 0 aromatic carbocycles. The van der Waals surface area contributed by atoms with E-state index < -0.39 is 12.0 Å². The lowest BCUT2D eigenvalue weighted by Crippen LogP contribution is -2.45. The van der Waals surface area contributed by atoms with Crippen molar-refractivity contribution < 1.29 is 14.7 Å². The molecule has 2 amide bonds. The van der Waals surface area contributed by atoms with Crippen molar-refractivity contribution in [2.24, 2.45) is 0 Å². The van der Waals surface area contributed by atoms with E-state index in [2.05, 4.69) is 15.5 Å². The summed E-state index contributed by atoms with van der Waals surface area (Å²) in [6.45, 7) is 0.840. The van der Waals surface area contributed by atoms with E-state index in [-0.39, 0.29) is 6.03 Å². The van der Waals surface area contributed by atoms with Gasteiger partial charge in [-0.05, 0) is 12.8 Å². The van der Waals surface area contributed by atoms with Gasteiger partial charge < -0.3 is 15.3 Å². The first-order chi connectivity index (χ1) is 8.18. The standard InChI is InChI=1S/C10H14N4O3/c15-9(16)8-2-1-3-14(8)10(17)11-4-7-5-12-13-6-7/h5-6,8H,1-4H2,(H,11,17)(H,12,13)(H,15,16). The maximum absolute atomic E-state index is 11.8. The fraction of sp³-hybridized carbons (Fsp3) is 0.500. The molecule has 1 atom stereocenters. The molecule has 1 aliphatic rings. The highest BCUT2D eigenvalue weighted by atomic mass is 16.4. The molecule has 1 unspecified atom stereocenters. The monoisotopic (exact) mass is 238 g/mol. The maximum Gasteiger partial charge on any atom is 0.326 e. The van der Waals surface area contributed by atoms with Crippen LogP contribution in [0.2, 0.25) is 0 Å². The molecule has 17 heavy (non-hydrogen) atoms. The van der Waals surface area contributed by atoms with Crippen LogP contribution in [0.3, 0.4) is 0 Å². The normalized spacial score (nSPS) is 19.3. The van der Waals surface area contributed by atoms with Crippen LogP contribution >= 0.6 is 0 Å². The molecule has 0 saturated carbocycles. The number of hydrogen-bond donors (Lipinski definition) is 3. The Hall–Kier alpha value is -2.05. The second-order valence-electron chi connectivity index (χ2n) is 3.95. The molecule has 0 aliphatic carbocycles. The van der Waals surface area contributed by atoms with Gasteiger partial charge in [-0.3, -0.25) is 5.10 Å². The molecule has 1 saturated heterocycles. The number of nitrogens with zero attached hydrogens (tertiary/aromatic N) is 2. The van der Waals surface area contributed by atoms with Crippen LogP contribution in [0.15, 0.2) is 12.4 Å². The molecule has 1 fully saturated rings. The minimum atomic E-state index is -0.944. The first-order valence-corrected chi connectivity index (χ1v) is 5.43. The number of aromatic nitrogens is 2. The number of H-pyrrole nitrogens is 1. The summed E-state index contributed by atoms with van der Waals surface area (Å²) in [6.07, 6.45) is 4.54. The molecule has 0 spiro atoms. The lowest BCUT2D eigenvalue weighted by Gasteiger charge is -2.21. The van der Waals surface area contributed by atoms with Gasteiger partial charge in [-0.15, -0.1) is 0 Å². The molecule has 7 heteroatoms. The van der Waals surface area contributed by atoms with Gasteiger partial charge in [-0.1, -0.05) is 0 Å². The highest BCUT2D eigenvalue weighted by Gasteiger charge is 2.33. The Balaban J connectivity index is 1.89. The summed E-state index contributed by atoms with van der Waals surface area (Å²) >= 11 is 0. The topological polar surface area (TPSA) is 98.3 Å². The summed E-state index contributed by atoms with van der Waals surface area (Å²) in [5.41, 5.74) is 0.851. The van der Waals surface area contributed by atoms with E-state index in [9.17, 15) is 9.59 Å². The van der Waals surface area contributed by atoms with E-state index in [1.165, 1.54) is 4.90 Å². The zero-order chi connectivity index (χ0) is 12.3. The second kappa shape index (κ2) is 4.86. The fourth-order valence-electron chi connectivity index (χ4n) is 1.92. The highest BCUT2D eigenvalue weighted by Crippen LogP contribution is 2.17. The van der Waals surface area contributed by atoms with E-state index in [4.69, 9.17) is 5.11 Å². The van der Waals surface area contributed by atoms with Crippen LogP contribution in [0.25, 0.3) is 0 Å². The molecule has 3 N–H and O–H groups in total. The number of carboxylic acids is 1. The number of rotatable bonds is 3. The number of aliphatic carboxylic acids is 1. The van der Waals surface area contributed by atoms with Gasteiger partial charge in [0.1, 0.15) is 6.04 Å². The van der Waals surface area contributed by atoms with Crippen LogP contribution in [0.5, 0.6) is 0 Å². The van der Waals surface area contributed by atoms with Crippen LogP contribution in [0.1, 0.15) is 18.4 Å². The van der Waals surface area contributed by atoms with Gasteiger partial charge in [0, 0.05) is 24.8 Å². The van der Waals surface area contributed by atoms with Gasteiger partial charge in [0.15, 0.2) is 0 Å². The zero-order valence-corrected chi connectivity index (χ0v) is 9.22. The second-order valence-corrected chi connectivity index (χ2v) is 3.95. The number of aromatic amines is 1. The van der Waals surface area contributed by atoms with E-state index >= 15 is 0 Å². The van der Waals surface area contributed by atoms with Crippen molar-refractivity contribution in [2.75, 3.05) is 6.54 Å². The molecule has 1 aromatic heterocycles. The molecular formula is C10H14N4O3. The van der Waals surface area contributed by atoms with E-state index in [1.807, 2.05) is 0 Å². The third-order valence-electron chi connectivity index (χ3n) is 2.80. The number of amides is 2. The average Bonchev–Trinajstić information content (AvgIpc) is 2.96. The minimum Gasteiger partial charge on any atom is -0.480 e. The lowest BCUT2D eigenvalue weighted by atomic mass is 10.2. The van der Waals surface area contributed by atoms with Crippen LogP contribution in [-0.4, -0.2) is 44.8 Å². The number of likely N-dealkylation sites (tertiary alicyclic amines) is 1. The predicted molar refractivity (Wildman–Crippen MR) is 58.2 cm³/mol. The molecule has 0 bridgehead atoms. The number of carbonyl (C=O) groups excluding carboxylic acids is 1. The van der Waals surface area contributed by atoms with Gasteiger partial charge in [0.05, 0.1) is 6.20 Å². The molecule has 7 nitrogen and oxygen atoms in total. The molecule has 2 heterocycles. The molecule has 92 valence electrons. The van der Waals surface area contributed by atoms with Crippen LogP contribution < -0.4 is 5.32 Å². The summed E-state index contributed by atoms with van der Waals surface area (Å²) in [4.78, 5) is 24.1. The smallest absolute Gasteiger partial charge is 0.326 e.